The minimum Gasteiger partial charge on any atom is -0.423 e. The first-order valence-corrected chi connectivity index (χ1v) is 13.1. The van der Waals surface area contributed by atoms with Crippen LogP contribution in [0, 0.1) is 0 Å². The minimum absolute atomic E-state index is 0.0248. The summed E-state index contributed by atoms with van der Waals surface area (Å²) >= 11 is 12.2. The van der Waals surface area contributed by atoms with Gasteiger partial charge in [0.2, 0.25) is 11.8 Å². The zero-order valence-electron chi connectivity index (χ0n) is 20.4. The molecule has 1 amide bonds. The smallest absolute Gasteiger partial charge is 0.254 e. The van der Waals surface area contributed by atoms with Crippen LogP contribution in [-0.2, 0) is 13.0 Å². The van der Waals surface area contributed by atoms with Gasteiger partial charge in [-0.25, -0.2) is 0 Å². The van der Waals surface area contributed by atoms with Crippen LogP contribution < -0.4 is 0 Å². The lowest BCUT2D eigenvalue weighted by Gasteiger charge is -2.40. The fraction of sp³-hybridized carbons (Fsp3) is 0.520. The summed E-state index contributed by atoms with van der Waals surface area (Å²) in [6.45, 7) is 7.00. The van der Waals surface area contributed by atoms with Gasteiger partial charge in [-0.2, -0.15) is 5.10 Å². The van der Waals surface area contributed by atoms with E-state index < -0.39 is 6.23 Å². The van der Waals surface area contributed by atoms with Gasteiger partial charge in [0.05, 0.1) is 40.1 Å². The highest BCUT2D eigenvalue weighted by Gasteiger charge is 2.42. The number of rotatable bonds is 4. The Balaban J connectivity index is 1.30. The number of halogens is 2. The van der Waals surface area contributed by atoms with Crippen molar-refractivity contribution in [2.24, 2.45) is 0 Å². The number of aliphatic hydroxyl groups is 1. The van der Waals surface area contributed by atoms with Gasteiger partial charge in [-0.05, 0) is 51.8 Å². The van der Waals surface area contributed by atoms with E-state index in [-0.39, 0.29) is 24.0 Å². The van der Waals surface area contributed by atoms with E-state index in [9.17, 15) is 9.90 Å². The van der Waals surface area contributed by atoms with Crippen LogP contribution in [0.2, 0.25) is 10.0 Å². The van der Waals surface area contributed by atoms with Crippen LogP contribution in [0.15, 0.2) is 22.6 Å². The highest BCUT2D eigenvalue weighted by atomic mass is 35.5. The molecule has 1 aromatic carbocycles. The van der Waals surface area contributed by atoms with Gasteiger partial charge in [-0.1, -0.05) is 23.2 Å². The molecule has 0 bridgehead atoms. The minimum atomic E-state index is -0.918. The van der Waals surface area contributed by atoms with Crippen molar-refractivity contribution < 1.29 is 14.3 Å². The van der Waals surface area contributed by atoms with Crippen molar-refractivity contribution in [3.63, 3.8) is 0 Å². The number of fused-ring (bicyclic) bond motifs is 3. The third kappa shape index (κ3) is 3.93. The van der Waals surface area contributed by atoms with Gasteiger partial charge in [0.1, 0.15) is 0 Å². The lowest BCUT2D eigenvalue weighted by molar-refractivity contribution is -0.0624. The first-order valence-electron chi connectivity index (χ1n) is 12.4. The highest BCUT2D eigenvalue weighted by molar-refractivity contribution is 6.42. The summed E-state index contributed by atoms with van der Waals surface area (Å²) < 4.78 is 7.87. The standard InChI is InChI=1S/C25H28Cl2N6O3/c1-12-8-20-17(11-31(12)24(34)16-6-7-18(26)19(27)9-16)21-25(35)32(10-13(2)33(21)30-20)14(3)22-28-29-23(36-22)15-4-5-15/h6-7,9,12-15,25,35H,4-5,8,10-11H2,1-3H3/t12-,13-,14+,25?/m1/s1. The van der Waals surface area contributed by atoms with Crippen LogP contribution >= 0.6 is 23.2 Å². The summed E-state index contributed by atoms with van der Waals surface area (Å²) in [5, 5.41) is 25.7. The molecular weight excluding hydrogens is 503 g/mol. The molecular formula is C25H28Cl2N6O3. The van der Waals surface area contributed by atoms with E-state index >= 15 is 0 Å². The summed E-state index contributed by atoms with van der Waals surface area (Å²) in [5.74, 6) is 1.44. The van der Waals surface area contributed by atoms with Crippen LogP contribution in [-0.4, -0.2) is 53.4 Å². The van der Waals surface area contributed by atoms with E-state index in [1.807, 2.05) is 28.3 Å². The maximum Gasteiger partial charge on any atom is 0.254 e. The number of carbonyl (C=O) groups excluding carboxylic acids is 1. The quantitative estimate of drug-likeness (QED) is 0.523. The first-order chi connectivity index (χ1) is 17.2. The summed E-state index contributed by atoms with van der Waals surface area (Å²) in [5.41, 5.74) is 3.01. The number of carbonyl (C=O) groups is 1. The van der Waals surface area contributed by atoms with Crippen LogP contribution in [0.3, 0.4) is 0 Å². The predicted octanol–water partition coefficient (Wildman–Crippen LogP) is 4.67. The number of nitrogens with zero attached hydrogens (tertiary/aromatic N) is 6. The van der Waals surface area contributed by atoms with Gasteiger partial charge in [0.15, 0.2) is 6.23 Å². The van der Waals surface area contributed by atoms with E-state index in [0.717, 1.165) is 29.8 Å². The Labute approximate surface area is 219 Å². The second-order valence-corrected chi connectivity index (χ2v) is 11.0. The Morgan fingerprint density at radius 1 is 1.17 bits per heavy atom. The third-order valence-electron chi connectivity index (χ3n) is 7.60. The maximum atomic E-state index is 13.4. The van der Waals surface area contributed by atoms with E-state index in [0.29, 0.717) is 52.8 Å². The number of hydrogen-bond acceptors (Lipinski definition) is 7. The lowest BCUT2D eigenvalue weighted by Crippen LogP contribution is -2.44. The monoisotopic (exact) mass is 530 g/mol. The molecule has 3 aromatic rings. The average Bonchev–Trinajstić information content (AvgIpc) is 3.46. The van der Waals surface area contributed by atoms with Crippen molar-refractivity contribution in [2.45, 2.75) is 76.8 Å². The van der Waals surface area contributed by atoms with Gasteiger partial charge in [0, 0.05) is 36.1 Å². The molecule has 3 aliphatic rings. The second-order valence-electron chi connectivity index (χ2n) is 10.2. The molecule has 0 radical (unpaired) electrons. The van der Waals surface area contributed by atoms with Crippen molar-refractivity contribution >= 4 is 29.1 Å². The number of amides is 1. The third-order valence-corrected chi connectivity index (χ3v) is 8.34. The Morgan fingerprint density at radius 2 is 1.94 bits per heavy atom. The number of aromatic nitrogens is 4. The fourth-order valence-electron chi connectivity index (χ4n) is 5.32. The summed E-state index contributed by atoms with van der Waals surface area (Å²) in [6.07, 6.45) is 1.85. The zero-order chi connectivity index (χ0) is 25.3. The molecule has 1 saturated carbocycles. The van der Waals surface area contributed by atoms with E-state index in [1.54, 1.807) is 18.2 Å². The van der Waals surface area contributed by atoms with Crippen molar-refractivity contribution in [1.82, 2.24) is 29.8 Å². The predicted molar refractivity (Wildman–Crippen MR) is 133 cm³/mol. The maximum absolute atomic E-state index is 13.4. The average molecular weight is 531 g/mol. The topological polar surface area (TPSA) is 101 Å². The molecule has 4 heterocycles. The summed E-state index contributed by atoms with van der Waals surface area (Å²) in [7, 11) is 0. The normalized spacial score (nSPS) is 24.9. The van der Waals surface area contributed by atoms with Gasteiger partial charge in [-0.15, -0.1) is 10.2 Å². The zero-order valence-corrected chi connectivity index (χ0v) is 21.9. The Bertz CT molecular complexity index is 1340. The molecule has 1 unspecified atom stereocenters. The highest BCUT2D eigenvalue weighted by Crippen LogP contribution is 2.42. The molecule has 2 aromatic heterocycles. The summed E-state index contributed by atoms with van der Waals surface area (Å²) in [4.78, 5) is 17.2. The first kappa shape index (κ1) is 23.9. The molecule has 4 atom stereocenters. The van der Waals surface area contributed by atoms with Crippen molar-refractivity contribution in [1.29, 1.82) is 0 Å². The van der Waals surface area contributed by atoms with E-state index in [4.69, 9.17) is 32.7 Å². The molecule has 190 valence electrons. The molecule has 1 aliphatic carbocycles. The molecule has 11 heteroatoms. The van der Waals surface area contributed by atoms with E-state index in [1.165, 1.54) is 0 Å². The van der Waals surface area contributed by atoms with Crippen LogP contribution in [0.5, 0.6) is 0 Å². The lowest BCUT2D eigenvalue weighted by atomic mass is 9.96. The van der Waals surface area contributed by atoms with Gasteiger partial charge < -0.3 is 14.4 Å². The van der Waals surface area contributed by atoms with Crippen molar-refractivity contribution in [3.8, 4) is 0 Å². The van der Waals surface area contributed by atoms with Gasteiger partial charge in [-0.3, -0.25) is 14.4 Å². The SMILES string of the molecule is C[C@@H]1Cc2nn3c(c2CN1C(=O)c1ccc(Cl)c(Cl)c1)C(O)N([C@@H](C)c1nnc(C2CC2)o1)C[C@H]3C. The summed E-state index contributed by atoms with van der Waals surface area (Å²) in [6, 6.07) is 4.62. The second kappa shape index (κ2) is 8.83. The van der Waals surface area contributed by atoms with Crippen LogP contribution in [0.25, 0.3) is 0 Å². The molecule has 9 nitrogen and oxygen atoms in total. The molecule has 1 fully saturated rings. The van der Waals surface area contributed by atoms with Crippen molar-refractivity contribution in [2.75, 3.05) is 6.54 Å². The Hall–Kier alpha value is -2.46. The van der Waals surface area contributed by atoms with Gasteiger partial charge in [0.25, 0.3) is 5.91 Å². The molecule has 1 N–H and O–H groups in total. The Morgan fingerprint density at radius 3 is 2.67 bits per heavy atom. The van der Waals surface area contributed by atoms with E-state index in [2.05, 4.69) is 17.1 Å². The number of aliphatic hydroxyl groups excluding tert-OH is 1. The molecule has 36 heavy (non-hydrogen) atoms. The molecule has 2 aliphatic heterocycles. The van der Waals surface area contributed by atoms with Gasteiger partial charge >= 0.3 is 0 Å². The molecule has 6 rings (SSSR count). The fourth-order valence-corrected chi connectivity index (χ4v) is 5.62. The number of benzene rings is 1. The Kier molecular flexibility index (Phi) is 5.87. The molecule has 0 spiro atoms. The van der Waals surface area contributed by atoms with Crippen LogP contribution in [0.4, 0.5) is 0 Å². The van der Waals surface area contributed by atoms with Crippen molar-refractivity contribution in [3.05, 3.63) is 62.5 Å². The molecule has 0 saturated heterocycles. The number of hydrogen-bond donors (Lipinski definition) is 1. The largest absolute Gasteiger partial charge is 0.423 e. The van der Waals surface area contributed by atoms with Crippen LogP contribution in [0.1, 0.15) is 96.9 Å².